The maximum Gasteiger partial charge on any atom is 0.264 e. The summed E-state index contributed by atoms with van der Waals surface area (Å²) in [5, 5.41) is 0. The van der Waals surface area contributed by atoms with Crippen molar-refractivity contribution >= 4 is 34.7 Å². The standard InChI is InChI=1S/C15H17ClN4O2S/c1-19(2)13-7-14(18-9-17-13)22-10-5-6-20(8-10)15(21)11-3-4-12(16)23-11/h3-4,7,9-10H,5-6,8H2,1-2H3. The predicted octanol–water partition coefficient (Wildman–Crippen LogP) is 2.55. The van der Waals surface area contributed by atoms with E-state index in [1.165, 1.54) is 17.7 Å². The Hall–Kier alpha value is -1.86. The van der Waals surface area contributed by atoms with Crippen LogP contribution in [-0.4, -0.2) is 54.1 Å². The summed E-state index contributed by atoms with van der Waals surface area (Å²) in [6.07, 6.45) is 2.21. The second-order valence-corrected chi connectivity index (χ2v) is 7.21. The Labute approximate surface area is 143 Å². The molecule has 0 aliphatic carbocycles. The fourth-order valence-corrected chi connectivity index (χ4v) is 3.41. The molecule has 0 aromatic carbocycles. The summed E-state index contributed by atoms with van der Waals surface area (Å²) >= 11 is 7.19. The van der Waals surface area contributed by atoms with Gasteiger partial charge in [-0.3, -0.25) is 4.79 Å². The number of amides is 1. The molecular formula is C15H17ClN4O2S. The van der Waals surface area contributed by atoms with Crippen molar-refractivity contribution < 1.29 is 9.53 Å². The summed E-state index contributed by atoms with van der Waals surface area (Å²) < 4.78 is 6.52. The Morgan fingerprint density at radius 3 is 2.96 bits per heavy atom. The molecule has 0 saturated carbocycles. The Balaban J connectivity index is 1.62. The molecule has 1 aliphatic rings. The molecule has 1 aliphatic heterocycles. The Bertz CT molecular complexity index is 706. The third-order valence-electron chi connectivity index (χ3n) is 3.59. The Morgan fingerprint density at radius 2 is 2.26 bits per heavy atom. The predicted molar refractivity (Wildman–Crippen MR) is 90.6 cm³/mol. The number of hydrogen-bond acceptors (Lipinski definition) is 6. The molecule has 1 unspecified atom stereocenters. The second-order valence-electron chi connectivity index (χ2n) is 5.49. The highest BCUT2D eigenvalue weighted by molar-refractivity contribution is 7.17. The van der Waals surface area contributed by atoms with Crippen LogP contribution in [0.25, 0.3) is 0 Å². The fraction of sp³-hybridized carbons (Fsp3) is 0.400. The van der Waals surface area contributed by atoms with E-state index >= 15 is 0 Å². The van der Waals surface area contributed by atoms with Gasteiger partial charge in [-0.1, -0.05) is 11.6 Å². The van der Waals surface area contributed by atoms with Gasteiger partial charge in [0.25, 0.3) is 5.91 Å². The molecule has 2 aromatic rings. The van der Waals surface area contributed by atoms with Crippen LogP contribution < -0.4 is 9.64 Å². The molecule has 0 radical (unpaired) electrons. The van der Waals surface area contributed by atoms with E-state index in [0.717, 1.165) is 12.2 Å². The topological polar surface area (TPSA) is 58.6 Å². The molecule has 0 spiro atoms. The SMILES string of the molecule is CN(C)c1cc(OC2CCN(C(=O)c3ccc(Cl)s3)C2)ncn1. The lowest BCUT2D eigenvalue weighted by molar-refractivity contribution is 0.0776. The average molecular weight is 353 g/mol. The summed E-state index contributed by atoms with van der Waals surface area (Å²) in [6, 6.07) is 5.30. The van der Waals surface area contributed by atoms with Gasteiger partial charge in [0.2, 0.25) is 5.88 Å². The van der Waals surface area contributed by atoms with E-state index in [0.29, 0.717) is 28.2 Å². The molecule has 1 atom stereocenters. The first kappa shape index (κ1) is 16.0. The molecule has 3 rings (SSSR count). The van der Waals surface area contributed by atoms with Crippen LogP contribution in [0.5, 0.6) is 5.88 Å². The smallest absolute Gasteiger partial charge is 0.264 e. The number of thiophene rings is 1. The number of carbonyl (C=O) groups excluding carboxylic acids is 1. The van der Waals surface area contributed by atoms with Gasteiger partial charge < -0.3 is 14.5 Å². The second kappa shape index (κ2) is 6.72. The largest absolute Gasteiger partial charge is 0.472 e. The van der Waals surface area contributed by atoms with Crippen molar-refractivity contribution in [2.75, 3.05) is 32.1 Å². The highest BCUT2D eigenvalue weighted by Gasteiger charge is 2.29. The zero-order valence-electron chi connectivity index (χ0n) is 12.9. The van der Waals surface area contributed by atoms with E-state index in [9.17, 15) is 4.79 Å². The fourth-order valence-electron chi connectivity index (χ4n) is 2.40. The van der Waals surface area contributed by atoms with Crippen molar-refractivity contribution in [3.8, 4) is 5.88 Å². The van der Waals surface area contributed by atoms with E-state index in [2.05, 4.69) is 9.97 Å². The first-order valence-electron chi connectivity index (χ1n) is 7.23. The van der Waals surface area contributed by atoms with Crippen LogP contribution >= 0.6 is 22.9 Å². The van der Waals surface area contributed by atoms with E-state index < -0.39 is 0 Å². The van der Waals surface area contributed by atoms with Crippen molar-refractivity contribution in [1.82, 2.24) is 14.9 Å². The maximum atomic E-state index is 12.4. The number of hydrogen-bond donors (Lipinski definition) is 0. The number of carbonyl (C=O) groups is 1. The zero-order valence-corrected chi connectivity index (χ0v) is 14.5. The molecule has 1 fully saturated rings. The number of nitrogens with zero attached hydrogens (tertiary/aromatic N) is 4. The Kier molecular flexibility index (Phi) is 4.68. The number of likely N-dealkylation sites (tertiary alicyclic amines) is 1. The lowest BCUT2D eigenvalue weighted by atomic mass is 10.3. The summed E-state index contributed by atoms with van der Waals surface area (Å²) in [4.78, 5) is 25.0. The van der Waals surface area contributed by atoms with Crippen molar-refractivity contribution in [2.24, 2.45) is 0 Å². The average Bonchev–Trinajstić information content (AvgIpc) is 3.16. The van der Waals surface area contributed by atoms with Crippen molar-refractivity contribution in [3.63, 3.8) is 0 Å². The van der Waals surface area contributed by atoms with Crippen molar-refractivity contribution in [2.45, 2.75) is 12.5 Å². The van der Waals surface area contributed by atoms with E-state index in [1.54, 1.807) is 23.1 Å². The van der Waals surface area contributed by atoms with E-state index in [1.807, 2.05) is 19.0 Å². The molecule has 1 amide bonds. The minimum absolute atomic E-state index is 0.00432. The monoisotopic (exact) mass is 352 g/mol. The van der Waals surface area contributed by atoms with Crippen LogP contribution in [0.15, 0.2) is 24.5 Å². The van der Waals surface area contributed by atoms with Crippen LogP contribution in [0.4, 0.5) is 5.82 Å². The van der Waals surface area contributed by atoms with Gasteiger partial charge in [-0.05, 0) is 12.1 Å². The first-order valence-corrected chi connectivity index (χ1v) is 8.43. The molecule has 3 heterocycles. The van der Waals surface area contributed by atoms with Gasteiger partial charge in [0.05, 0.1) is 15.8 Å². The molecule has 23 heavy (non-hydrogen) atoms. The summed E-state index contributed by atoms with van der Waals surface area (Å²) in [5.74, 6) is 1.32. The zero-order chi connectivity index (χ0) is 16.4. The molecular weight excluding hydrogens is 336 g/mol. The quantitative estimate of drug-likeness (QED) is 0.846. The molecule has 6 nitrogen and oxygen atoms in total. The molecule has 122 valence electrons. The van der Waals surface area contributed by atoms with Gasteiger partial charge in [0, 0.05) is 33.1 Å². The van der Waals surface area contributed by atoms with Crippen LogP contribution in [0.3, 0.4) is 0 Å². The van der Waals surface area contributed by atoms with Gasteiger partial charge >= 0.3 is 0 Å². The van der Waals surface area contributed by atoms with Crippen LogP contribution in [-0.2, 0) is 0 Å². The third kappa shape index (κ3) is 3.73. The normalized spacial score (nSPS) is 17.3. The minimum Gasteiger partial charge on any atom is -0.472 e. The highest BCUT2D eigenvalue weighted by Crippen LogP contribution is 2.25. The summed E-state index contributed by atoms with van der Waals surface area (Å²) in [6.45, 7) is 1.22. The minimum atomic E-state index is -0.0562. The van der Waals surface area contributed by atoms with Gasteiger partial charge in [-0.25, -0.2) is 9.97 Å². The molecule has 8 heteroatoms. The number of rotatable bonds is 4. The molecule has 0 bridgehead atoms. The molecule has 2 aromatic heterocycles. The third-order valence-corrected chi connectivity index (χ3v) is 4.81. The summed E-state index contributed by atoms with van der Waals surface area (Å²) in [7, 11) is 3.82. The van der Waals surface area contributed by atoms with Gasteiger partial charge in [-0.2, -0.15) is 0 Å². The van der Waals surface area contributed by atoms with Gasteiger partial charge in [-0.15, -0.1) is 11.3 Å². The lowest BCUT2D eigenvalue weighted by Gasteiger charge is -2.17. The van der Waals surface area contributed by atoms with Crippen molar-refractivity contribution in [1.29, 1.82) is 0 Å². The number of halogens is 1. The maximum absolute atomic E-state index is 12.4. The highest BCUT2D eigenvalue weighted by atomic mass is 35.5. The van der Waals surface area contributed by atoms with E-state index in [-0.39, 0.29) is 12.0 Å². The number of ether oxygens (including phenoxy) is 1. The summed E-state index contributed by atoms with van der Waals surface area (Å²) in [5.41, 5.74) is 0. The number of aromatic nitrogens is 2. The van der Waals surface area contributed by atoms with Crippen LogP contribution in [0.1, 0.15) is 16.1 Å². The van der Waals surface area contributed by atoms with Gasteiger partial charge in [0.15, 0.2) is 0 Å². The lowest BCUT2D eigenvalue weighted by Crippen LogP contribution is -2.30. The van der Waals surface area contributed by atoms with Crippen molar-refractivity contribution in [3.05, 3.63) is 33.7 Å². The molecule has 0 N–H and O–H groups in total. The van der Waals surface area contributed by atoms with Crippen LogP contribution in [0, 0.1) is 0 Å². The first-order chi connectivity index (χ1) is 11.0. The number of anilines is 1. The Morgan fingerprint density at radius 1 is 1.43 bits per heavy atom. The molecule has 1 saturated heterocycles. The van der Waals surface area contributed by atoms with Gasteiger partial charge in [0.1, 0.15) is 18.2 Å². The van der Waals surface area contributed by atoms with Crippen LogP contribution in [0.2, 0.25) is 4.34 Å². The van der Waals surface area contributed by atoms with E-state index in [4.69, 9.17) is 16.3 Å².